The normalized spacial score (nSPS) is 10.4. The van der Waals surface area contributed by atoms with Gasteiger partial charge in [-0.1, -0.05) is 23.8 Å². The Kier molecular flexibility index (Phi) is 6.97. The third-order valence-electron chi connectivity index (χ3n) is 4.16. The summed E-state index contributed by atoms with van der Waals surface area (Å²) in [6.07, 6.45) is 0. The van der Waals surface area contributed by atoms with Gasteiger partial charge in [-0.3, -0.25) is 4.79 Å². The number of urea groups is 1. The van der Waals surface area contributed by atoms with E-state index < -0.39 is 11.9 Å². The lowest BCUT2D eigenvalue weighted by Crippen LogP contribution is -2.39. The molecule has 0 aliphatic carbocycles. The van der Waals surface area contributed by atoms with Gasteiger partial charge >= 0.3 is 6.03 Å². The number of ether oxygens (including phenoxy) is 1. The molecule has 0 atom stereocenters. The number of nitrogens with one attached hydrogen (secondary N) is 3. The van der Waals surface area contributed by atoms with Crippen molar-refractivity contribution in [3.8, 4) is 17.0 Å². The van der Waals surface area contributed by atoms with E-state index in [1.807, 2.05) is 30.5 Å². The molecule has 3 rings (SSSR count). The molecular formula is C21H21FN4O3S. The van der Waals surface area contributed by atoms with Gasteiger partial charge in [0, 0.05) is 17.5 Å². The molecule has 0 radical (unpaired) electrons. The number of amides is 3. The molecular weight excluding hydrogens is 407 g/mol. The number of carbonyl (C=O) groups is 2. The van der Waals surface area contributed by atoms with Crippen LogP contribution in [0.4, 0.5) is 14.3 Å². The fraction of sp³-hybridized carbons (Fsp3) is 0.190. The molecule has 30 heavy (non-hydrogen) atoms. The monoisotopic (exact) mass is 428 g/mol. The van der Waals surface area contributed by atoms with Crippen molar-refractivity contribution < 1.29 is 18.7 Å². The number of carbonyl (C=O) groups excluding carboxylic acids is 2. The Morgan fingerprint density at radius 1 is 1.13 bits per heavy atom. The highest BCUT2D eigenvalue weighted by atomic mass is 32.1. The maximum atomic E-state index is 12.9. The Morgan fingerprint density at radius 2 is 1.90 bits per heavy atom. The summed E-state index contributed by atoms with van der Waals surface area (Å²) in [7, 11) is 1.59. The standard InChI is InChI=1S/C21H21FN4O3S/c1-13-3-8-18(29-2)16(9-13)17-12-30-21(25-17)26-19(27)11-24-20(28)23-10-14-4-6-15(22)7-5-14/h3-9,12H,10-11H2,1-2H3,(H2,23,24,28)(H,25,26,27). The summed E-state index contributed by atoms with van der Waals surface area (Å²) in [6, 6.07) is 11.1. The van der Waals surface area contributed by atoms with Gasteiger partial charge in [-0.25, -0.2) is 14.2 Å². The number of rotatable bonds is 7. The van der Waals surface area contributed by atoms with E-state index >= 15 is 0 Å². The summed E-state index contributed by atoms with van der Waals surface area (Å²) in [5.74, 6) is -0.0432. The molecule has 0 spiro atoms. The zero-order valence-electron chi connectivity index (χ0n) is 16.5. The van der Waals surface area contributed by atoms with Crippen molar-refractivity contribution in [1.29, 1.82) is 0 Å². The highest BCUT2D eigenvalue weighted by molar-refractivity contribution is 7.14. The lowest BCUT2D eigenvalue weighted by Gasteiger charge is -2.08. The van der Waals surface area contributed by atoms with Gasteiger partial charge in [0.2, 0.25) is 5.91 Å². The van der Waals surface area contributed by atoms with Gasteiger partial charge in [0.15, 0.2) is 5.13 Å². The summed E-state index contributed by atoms with van der Waals surface area (Å²) in [6.45, 7) is 1.99. The molecule has 156 valence electrons. The second-order valence-electron chi connectivity index (χ2n) is 6.45. The molecule has 0 bridgehead atoms. The number of aryl methyl sites for hydroxylation is 1. The largest absolute Gasteiger partial charge is 0.496 e. The van der Waals surface area contributed by atoms with E-state index in [4.69, 9.17) is 4.74 Å². The van der Waals surface area contributed by atoms with Crippen LogP contribution in [0, 0.1) is 12.7 Å². The van der Waals surface area contributed by atoms with Gasteiger partial charge in [-0.15, -0.1) is 11.3 Å². The number of methoxy groups -OCH3 is 1. The van der Waals surface area contributed by atoms with Crippen LogP contribution in [0.5, 0.6) is 5.75 Å². The number of aromatic nitrogens is 1. The fourth-order valence-corrected chi connectivity index (χ4v) is 3.37. The lowest BCUT2D eigenvalue weighted by molar-refractivity contribution is -0.115. The van der Waals surface area contributed by atoms with Crippen LogP contribution in [0.25, 0.3) is 11.3 Å². The highest BCUT2D eigenvalue weighted by Gasteiger charge is 2.12. The van der Waals surface area contributed by atoms with E-state index in [-0.39, 0.29) is 18.9 Å². The molecule has 0 saturated carbocycles. The second kappa shape index (κ2) is 9.84. The first-order valence-corrected chi connectivity index (χ1v) is 9.99. The van der Waals surface area contributed by atoms with E-state index in [9.17, 15) is 14.0 Å². The van der Waals surface area contributed by atoms with Gasteiger partial charge in [0.1, 0.15) is 11.6 Å². The first kappa shape index (κ1) is 21.3. The summed E-state index contributed by atoms with van der Waals surface area (Å²) in [4.78, 5) is 28.4. The first-order valence-electron chi connectivity index (χ1n) is 9.11. The third kappa shape index (κ3) is 5.77. The number of hydrogen-bond donors (Lipinski definition) is 3. The number of thiazole rings is 1. The Morgan fingerprint density at radius 3 is 2.63 bits per heavy atom. The highest BCUT2D eigenvalue weighted by Crippen LogP contribution is 2.32. The number of halogens is 1. The van der Waals surface area contributed by atoms with Crippen molar-refractivity contribution in [3.63, 3.8) is 0 Å². The predicted octanol–water partition coefficient (Wildman–Crippen LogP) is 3.70. The minimum Gasteiger partial charge on any atom is -0.496 e. The Bertz CT molecular complexity index is 1040. The third-order valence-corrected chi connectivity index (χ3v) is 4.92. The molecule has 3 N–H and O–H groups in total. The Balaban J connectivity index is 1.49. The number of nitrogens with zero attached hydrogens (tertiary/aromatic N) is 1. The van der Waals surface area contributed by atoms with Crippen molar-refractivity contribution in [2.45, 2.75) is 13.5 Å². The van der Waals surface area contributed by atoms with Crippen molar-refractivity contribution >= 4 is 28.4 Å². The summed E-state index contributed by atoms with van der Waals surface area (Å²) in [5, 5.41) is 9.99. The van der Waals surface area contributed by atoms with Crippen LogP contribution in [0.3, 0.4) is 0 Å². The number of anilines is 1. The molecule has 7 nitrogen and oxygen atoms in total. The molecule has 3 aromatic rings. The smallest absolute Gasteiger partial charge is 0.315 e. The molecule has 1 heterocycles. The van der Waals surface area contributed by atoms with E-state index in [1.54, 1.807) is 19.2 Å². The number of benzene rings is 2. The van der Waals surface area contributed by atoms with E-state index in [2.05, 4.69) is 20.9 Å². The first-order chi connectivity index (χ1) is 14.4. The SMILES string of the molecule is COc1ccc(C)cc1-c1csc(NC(=O)CNC(=O)NCc2ccc(F)cc2)n1. The van der Waals surface area contributed by atoms with Gasteiger partial charge < -0.3 is 20.7 Å². The van der Waals surface area contributed by atoms with Crippen molar-refractivity contribution in [2.75, 3.05) is 19.0 Å². The topological polar surface area (TPSA) is 92.4 Å². The van der Waals surface area contributed by atoms with Gasteiger partial charge in [-0.05, 0) is 36.8 Å². The van der Waals surface area contributed by atoms with Crippen molar-refractivity contribution in [2.24, 2.45) is 0 Å². The molecule has 9 heteroatoms. The molecule has 0 saturated heterocycles. The molecule has 2 aromatic carbocycles. The van der Waals surface area contributed by atoms with E-state index in [0.29, 0.717) is 16.6 Å². The average molecular weight is 428 g/mol. The Labute approximate surface area is 177 Å². The van der Waals surface area contributed by atoms with Crippen LogP contribution in [-0.4, -0.2) is 30.6 Å². The molecule has 1 aromatic heterocycles. The molecule has 0 aliphatic heterocycles. The zero-order valence-corrected chi connectivity index (χ0v) is 17.3. The quantitative estimate of drug-likeness (QED) is 0.535. The molecule has 3 amide bonds. The van der Waals surface area contributed by atoms with Crippen LogP contribution < -0.4 is 20.7 Å². The van der Waals surface area contributed by atoms with Crippen LogP contribution in [0.2, 0.25) is 0 Å². The fourth-order valence-electron chi connectivity index (χ4n) is 2.65. The average Bonchev–Trinajstić information content (AvgIpc) is 3.20. The predicted molar refractivity (Wildman–Crippen MR) is 114 cm³/mol. The van der Waals surface area contributed by atoms with Crippen LogP contribution in [0.15, 0.2) is 47.8 Å². The summed E-state index contributed by atoms with van der Waals surface area (Å²) < 4.78 is 18.2. The lowest BCUT2D eigenvalue weighted by atomic mass is 10.1. The van der Waals surface area contributed by atoms with Crippen LogP contribution in [0.1, 0.15) is 11.1 Å². The van der Waals surface area contributed by atoms with Crippen LogP contribution >= 0.6 is 11.3 Å². The zero-order chi connectivity index (χ0) is 21.5. The molecule has 0 fully saturated rings. The van der Waals surface area contributed by atoms with Crippen LogP contribution in [-0.2, 0) is 11.3 Å². The maximum Gasteiger partial charge on any atom is 0.315 e. The summed E-state index contributed by atoms with van der Waals surface area (Å²) >= 11 is 1.28. The minimum atomic E-state index is -0.501. The van der Waals surface area contributed by atoms with Gasteiger partial charge in [0.05, 0.1) is 19.3 Å². The van der Waals surface area contributed by atoms with Gasteiger partial charge in [0.25, 0.3) is 0 Å². The minimum absolute atomic E-state index is 0.210. The summed E-state index contributed by atoms with van der Waals surface area (Å²) in [5.41, 5.74) is 3.35. The Hall–Kier alpha value is -3.46. The maximum absolute atomic E-state index is 12.9. The second-order valence-corrected chi connectivity index (χ2v) is 7.31. The van der Waals surface area contributed by atoms with E-state index in [0.717, 1.165) is 16.7 Å². The van der Waals surface area contributed by atoms with Crippen molar-refractivity contribution in [1.82, 2.24) is 15.6 Å². The molecule has 0 aliphatic rings. The van der Waals surface area contributed by atoms with Gasteiger partial charge in [-0.2, -0.15) is 0 Å². The number of hydrogen-bond acceptors (Lipinski definition) is 5. The van der Waals surface area contributed by atoms with Crippen molar-refractivity contribution in [3.05, 3.63) is 64.8 Å². The van der Waals surface area contributed by atoms with E-state index in [1.165, 1.54) is 23.5 Å². The molecule has 0 unspecified atom stereocenters.